The molecule has 3 rings (SSSR count). The van der Waals surface area contributed by atoms with Crippen LogP contribution in [0.4, 0.5) is 5.82 Å². The smallest absolute Gasteiger partial charge is 0.246 e. The van der Waals surface area contributed by atoms with Gasteiger partial charge in [-0.3, -0.25) is 19.2 Å². The zero-order valence-electron chi connectivity index (χ0n) is 16.8. The first kappa shape index (κ1) is 18.9. The maximum absolute atomic E-state index is 13.1. The average molecular weight is 361 g/mol. The van der Waals surface area contributed by atoms with Crippen LogP contribution in [-0.2, 0) is 22.1 Å². The Morgan fingerprint density at radius 1 is 1.27 bits per heavy atom. The van der Waals surface area contributed by atoms with Crippen molar-refractivity contribution >= 4 is 17.6 Å². The van der Waals surface area contributed by atoms with Crippen LogP contribution in [0.3, 0.4) is 0 Å². The molecule has 6 heteroatoms. The van der Waals surface area contributed by atoms with Gasteiger partial charge in [-0.1, -0.05) is 40.0 Å². The number of aryl methyl sites for hydroxylation is 1. The molecule has 1 N–H and O–H groups in total. The van der Waals surface area contributed by atoms with Crippen molar-refractivity contribution in [1.82, 2.24) is 15.1 Å². The summed E-state index contributed by atoms with van der Waals surface area (Å²) in [6.07, 6.45) is 6.59. The summed E-state index contributed by atoms with van der Waals surface area (Å²) >= 11 is 0. The molecule has 1 atom stereocenters. The number of carbonyl (C=O) groups excluding carboxylic acids is 2. The molecular formula is C20H32N4O2. The summed E-state index contributed by atoms with van der Waals surface area (Å²) in [6, 6.07) is 2.19. The minimum atomic E-state index is -0.850. The predicted molar refractivity (Wildman–Crippen MR) is 102 cm³/mol. The molecule has 2 amide bonds. The molecule has 1 aromatic rings. The standard InChI is InChI=1S/C20H32N4O2/c1-19(2,3)15-13-16(23(5)22-15)24-17(25)11-12-20(24,4)18(26)21-14-9-7-6-8-10-14/h13-14H,6-12H2,1-5H3,(H,21,26). The molecule has 1 saturated carbocycles. The number of nitrogens with one attached hydrogen (secondary N) is 1. The lowest BCUT2D eigenvalue weighted by Crippen LogP contribution is -2.57. The summed E-state index contributed by atoms with van der Waals surface area (Å²) in [5, 5.41) is 7.81. The number of amides is 2. The second kappa shape index (κ2) is 6.71. The Kier molecular flexibility index (Phi) is 4.88. The van der Waals surface area contributed by atoms with Gasteiger partial charge in [-0.05, 0) is 26.2 Å². The van der Waals surface area contributed by atoms with Gasteiger partial charge < -0.3 is 5.32 Å². The first-order valence-electron chi connectivity index (χ1n) is 9.81. The second-order valence-electron chi connectivity index (χ2n) is 9.07. The van der Waals surface area contributed by atoms with Crippen LogP contribution in [0.5, 0.6) is 0 Å². The molecule has 26 heavy (non-hydrogen) atoms. The fraction of sp³-hybridized carbons (Fsp3) is 0.750. The Morgan fingerprint density at radius 2 is 1.92 bits per heavy atom. The highest BCUT2D eigenvalue weighted by molar-refractivity contribution is 6.06. The summed E-state index contributed by atoms with van der Waals surface area (Å²) in [6.45, 7) is 8.18. The fourth-order valence-corrected chi connectivity index (χ4v) is 4.07. The van der Waals surface area contributed by atoms with E-state index in [4.69, 9.17) is 0 Å². The molecule has 2 heterocycles. The number of hydrogen-bond donors (Lipinski definition) is 1. The third kappa shape index (κ3) is 3.38. The summed E-state index contributed by atoms with van der Waals surface area (Å²) in [5.74, 6) is 0.669. The number of anilines is 1. The van der Waals surface area contributed by atoms with Gasteiger partial charge in [0, 0.05) is 31.0 Å². The van der Waals surface area contributed by atoms with E-state index >= 15 is 0 Å². The Morgan fingerprint density at radius 3 is 2.50 bits per heavy atom. The summed E-state index contributed by atoms with van der Waals surface area (Å²) in [5.41, 5.74) is -0.0402. The van der Waals surface area contributed by atoms with Gasteiger partial charge in [-0.25, -0.2) is 0 Å². The van der Waals surface area contributed by atoms with Crippen molar-refractivity contribution in [2.75, 3.05) is 4.90 Å². The van der Waals surface area contributed by atoms with Crippen molar-refractivity contribution in [2.24, 2.45) is 7.05 Å². The predicted octanol–water partition coefficient (Wildman–Crippen LogP) is 3.05. The molecule has 0 aromatic carbocycles. The van der Waals surface area contributed by atoms with Crippen LogP contribution in [0.1, 0.15) is 78.3 Å². The zero-order valence-corrected chi connectivity index (χ0v) is 16.8. The summed E-state index contributed by atoms with van der Waals surface area (Å²) < 4.78 is 1.73. The van der Waals surface area contributed by atoms with Gasteiger partial charge in [-0.2, -0.15) is 5.10 Å². The molecule has 6 nitrogen and oxygen atoms in total. The quantitative estimate of drug-likeness (QED) is 0.901. The van der Waals surface area contributed by atoms with Gasteiger partial charge in [0.1, 0.15) is 11.4 Å². The Hall–Kier alpha value is -1.85. The molecule has 1 aromatic heterocycles. The van der Waals surface area contributed by atoms with Gasteiger partial charge in [-0.15, -0.1) is 0 Å². The van der Waals surface area contributed by atoms with Crippen molar-refractivity contribution in [3.05, 3.63) is 11.8 Å². The van der Waals surface area contributed by atoms with Gasteiger partial charge in [0.15, 0.2) is 0 Å². The molecule has 1 aliphatic heterocycles. The molecule has 2 fully saturated rings. The van der Waals surface area contributed by atoms with Crippen molar-refractivity contribution in [3.8, 4) is 0 Å². The van der Waals surface area contributed by atoms with Crippen LogP contribution < -0.4 is 10.2 Å². The van der Waals surface area contributed by atoms with E-state index in [1.165, 1.54) is 19.3 Å². The van der Waals surface area contributed by atoms with E-state index in [0.29, 0.717) is 18.7 Å². The summed E-state index contributed by atoms with van der Waals surface area (Å²) in [7, 11) is 1.84. The molecule has 1 unspecified atom stereocenters. The van der Waals surface area contributed by atoms with Crippen molar-refractivity contribution in [3.63, 3.8) is 0 Å². The molecule has 0 spiro atoms. The lowest BCUT2D eigenvalue weighted by atomic mass is 9.91. The van der Waals surface area contributed by atoms with E-state index < -0.39 is 5.54 Å². The van der Waals surface area contributed by atoms with Crippen LogP contribution in [0.2, 0.25) is 0 Å². The normalized spacial score (nSPS) is 25.0. The highest BCUT2D eigenvalue weighted by Gasteiger charge is 2.49. The first-order chi connectivity index (χ1) is 12.1. The SMILES string of the molecule is Cn1nc(C(C)(C)C)cc1N1C(=O)CCC1(C)C(=O)NC1CCCCC1. The molecule has 1 aliphatic carbocycles. The molecule has 144 valence electrons. The number of carbonyl (C=O) groups is 2. The first-order valence-corrected chi connectivity index (χ1v) is 9.81. The second-order valence-corrected chi connectivity index (χ2v) is 9.07. The molecule has 2 aliphatic rings. The zero-order chi connectivity index (χ0) is 19.1. The largest absolute Gasteiger partial charge is 0.351 e. The minimum Gasteiger partial charge on any atom is -0.351 e. The van der Waals surface area contributed by atoms with Crippen LogP contribution in [0.15, 0.2) is 6.07 Å². The number of rotatable bonds is 3. The van der Waals surface area contributed by atoms with Crippen LogP contribution in [0, 0.1) is 0 Å². The summed E-state index contributed by atoms with van der Waals surface area (Å²) in [4.78, 5) is 27.5. The van der Waals surface area contributed by atoms with E-state index in [2.05, 4.69) is 31.2 Å². The van der Waals surface area contributed by atoms with Gasteiger partial charge in [0.25, 0.3) is 0 Å². The molecule has 1 saturated heterocycles. The van der Waals surface area contributed by atoms with Crippen LogP contribution in [-0.4, -0.2) is 33.2 Å². The van der Waals surface area contributed by atoms with E-state index in [1.54, 1.807) is 9.58 Å². The van der Waals surface area contributed by atoms with E-state index in [-0.39, 0.29) is 23.3 Å². The average Bonchev–Trinajstić information content (AvgIpc) is 3.09. The molecule has 0 radical (unpaired) electrons. The van der Waals surface area contributed by atoms with Gasteiger partial charge in [0.05, 0.1) is 5.69 Å². The third-order valence-electron chi connectivity index (χ3n) is 5.85. The van der Waals surface area contributed by atoms with Gasteiger partial charge >= 0.3 is 0 Å². The Labute approximate surface area is 156 Å². The van der Waals surface area contributed by atoms with Crippen LogP contribution in [0.25, 0.3) is 0 Å². The van der Waals surface area contributed by atoms with Crippen molar-refractivity contribution in [2.45, 2.75) is 89.6 Å². The van der Waals surface area contributed by atoms with Crippen molar-refractivity contribution in [1.29, 1.82) is 0 Å². The topological polar surface area (TPSA) is 67.2 Å². The third-order valence-corrected chi connectivity index (χ3v) is 5.85. The van der Waals surface area contributed by atoms with Crippen molar-refractivity contribution < 1.29 is 9.59 Å². The number of aromatic nitrogens is 2. The lowest BCUT2D eigenvalue weighted by molar-refractivity contribution is -0.128. The van der Waals surface area contributed by atoms with Crippen LogP contribution >= 0.6 is 0 Å². The highest BCUT2D eigenvalue weighted by atomic mass is 16.2. The Bertz CT molecular complexity index is 697. The number of nitrogens with zero attached hydrogens (tertiary/aromatic N) is 3. The van der Waals surface area contributed by atoms with E-state index in [0.717, 1.165) is 18.5 Å². The monoisotopic (exact) mass is 360 g/mol. The highest BCUT2D eigenvalue weighted by Crippen LogP contribution is 2.37. The maximum Gasteiger partial charge on any atom is 0.246 e. The fourth-order valence-electron chi connectivity index (χ4n) is 4.07. The number of hydrogen-bond acceptors (Lipinski definition) is 3. The minimum absolute atomic E-state index is 0.00486. The lowest BCUT2D eigenvalue weighted by Gasteiger charge is -2.35. The van der Waals surface area contributed by atoms with E-state index in [9.17, 15) is 9.59 Å². The van der Waals surface area contributed by atoms with E-state index in [1.807, 2.05) is 20.0 Å². The van der Waals surface area contributed by atoms with Gasteiger partial charge in [0.2, 0.25) is 11.8 Å². The molecule has 0 bridgehead atoms. The molecular weight excluding hydrogens is 328 g/mol. The maximum atomic E-state index is 13.1. The Balaban J connectivity index is 1.88.